The lowest BCUT2D eigenvalue weighted by atomic mass is 10.1. The molecule has 1 unspecified atom stereocenters. The number of rotatable bonds is 8. The summed E-state index contributed by atoms with van der Waals surface area (Å²) in [7, 11) is 3.32. The summed E-state index contributed by atoms with van der Waals surface area (Å²) < 4.78 is 5.56. The minimum absolute atomic E-state index is 0.0555. The number of ether oxygens (including phenoxy) is 1. The van der Waals surface area contributed by atoms with E-state index in [0.717, 1.165) is 18.1 Å². The van der Waals surface area contributed by atoms with Crippen LogP contribution in [-0.4, -0.2) is 54.0 Å². The van der Waals surface area contributed by atoms with E-state index in [1.54, 1.807) is 43.5 Å². The van der Waals surface area contributed by atoms with Gasteiger partial charge < -0.3 is 30.2 Å². The molecule has 0 bridgehead atoms. The molecule has 3 N–H and O–H groups in total. The van der Waals surface area contributed by atoms with Gasteiger partial charge in [0.15, 0.2) is 5.82 Å². The number of carbonyl (C=O) groups is 2. The molecule has 2 aromatic heterocycles. The molecule has 1 aromatic carbocycles. The van der Waals surface area contributed by atoms with Gasteiger partial charge in [0.1, 0.15) is 11.4 Å². The van der Waals surface area contributed by atoms with Crippen LogP contribution in [0.1, 0.15) is 48.3 Å². The molecule has 10 nitrogen and oxygen atoms in total. The van der Waals surface area contributed by atoms with Crippen molar-refractivity contribution in [3.63, 3.8) is 0 Å². The van der Waals surface area contributed by atoms with Gasteiger partial charge in [-0.25, -0.2) is 4.98 Å². The Kier molecular flexibility index (Phi) is 6.49. The van der Waals surface area contributed by atoms with Crippen LogP contribution in [0.15, 0.2) is 42.7 Å². The zero-order valence-corrected chi connectivity index (χ0v) is 20.7. The van der Waals surface area contributed by atoms with E-state index in [1.165, 1.54) is 12.8 Å². The number of nitrogens with one attached hydrogen (secondary N) is 3. The summed E-state index contributed by atoms with van der Waals surface area (Å²) in [6, 6.07) is 8.87. The van der Waals surface area contributed by atoms with Gasteiger partial charge in [-0.2, -0.15) is 4.98 Å². The van der Waals surface area contributed by atoms with E-state index in [9.17, 15) is 9.59 Å². The van der Waals surface area contributed by atoms with Gasteiger partial charge in [-0.05, 0) is 56.0 Å². The van der Waals surface area contributed by atoms with Crippen LogP contribution >= 0.6 is 0 Å². The van der Waals surface area contributed by atoms with Gasteiger partial charge in [0.25, 0.3) is 5.91 Å². The monoisotopic (exact) mass is 489 g/mol. The number of nitrogens with zero attached hydrogens (tertiary/aromatic N) is 4. The summed E-state index contributed by atoms with van der Waals surface area (Å²) in [6.45, 7) is 3.44. The normalized spacial score (nSPS) is 16.2. The Hall–Kier alpha value is -4.08. The number of hydrogen-bond donors (Lipinski definition) is 3. The molecule has 3 heterocycles. The second kappa shape index (κ2) is 9.88. The minimum Gasteiger partial charge on any atom is -0.495 e. The second-order valence-corrected chi connectivity index (χ2v) is 9.36. The van der Waals surface area contributed by atoms with Gasteiger partial charge in [0, 0.05) is 44.0 Å². The lowest BCUT2D eigenvalue weighted by molar-refractivity contribution is -0.118. The minimum atomic E-state index is -0.202. The number of fused-ring (bicyclic) bond motifs is 1. The number of aromatic nitrogens is 3. The van der Waals surface area contributed by atoms with Crippen LogP contribution in [0.5, 0.6) is 5.75 Å². The predicted octanol–water partition coefficient (Wildman–Crippen LogP) is 3.63. The Labute approximate surface area is 210 Å². The Morgan fingerprint density at radius 3 is 2.86 bits per heavy atom. The van der Waals surface area contributed by atoms with Crippen molar-refractivity contribution >= 4 is 35.0 Å². The maximum atomic E-state index is 12.8. The number of benzene rings is 1. The Morgan fingerprint density at radius 2 is 2.14 bits per heavy atom. The second-order valence-electron chi connectivity index (χ2n) is 9.36. The smallest absolute Gasteiger partial charge is 0.251 e. The zero-order chi connectivity index (χ0) is 25.2. The number of carbonyl (C=O) groups excluding carboxylic acids is 2. The van der Waals surface area contributed by atoms with E-state index in [4.69, 9.17) is 9.72 Å². The maximum Gasteiger partial charge on any atom is 0.251 e. The van der Waals surface area contributed by atoms with Crippen molar-refractivity contribution in [2.24, 2.45) is 5.92 Å². The molecule has 3 aromatic rings. The SMILES string of the molecule is COc1cc(C(=O)NC(C)c2ccc[nH]2)ccc1Nc1ncc2c(n1)N(CC1CC1)CCC(=O)N2C. The van der Waals surface area contributed by atoms with Crippen LogP contribution in [0.25, 0.3) is 0 Å². The first-order chi connectivity index (χ1) is 17.4. The van der Waals surface area contributed by atoms with Crippen molar-refractivity contribution in [2.75, 3.05) is 42.4 Å². The zero-order valence-electron chi connectivity index (χ0n) is 20.7. The van der Waals surface area contributed by atoms with E-state index in [-0.39, 0.29) is 17.9 Å². The Morgan fingerprint density at radius 1 is 1.31 bits per heavy atom. The predicted molar refractivity (Wildman–Crippen MR) is 138 cm³/mol. The van der Waals surface area contributed by atoms with Crippen molar-refractivity contribution in [3.8, 4) is 5.75 Å². The first-order valence-corrected chi connectivity index (χ1v) is 12.2. The van der Waals surface area contributed by atoms with E-state index in [0.29, 0.717) is 47.5 Å². The molecule has 0 spiro atoms. The number of H-pyrrole nitrogens is 1. The molecule has 1 aliphatic heterocycles. The molecule has 10 heteroatoms. The summed E-state index contributed by atoms with van der Waals surface area (Å²) in [5.41, 5.74) is 2.75. The highest BCUT2D eigenvalue weighted by Gasteiger charge is 2.31. The van der Waals surface area contributed by atoms with Crippen LogP contribution in [0.2, 0.25) is 0 Å². The van der Waals surface area contributed by atoms with Crippen LogP contribution in [0.3, 0.4) is 0 Å². The van der Waals surface area contributed by atoms with Crippen molar-refractivity contribution in [3.05, 3.63) is 54.0 Å². The topological polar surface area (TPSA) is 115 Å². The van der Waals surface area contributed by atoms with Crippen molar-refractivity contribution in [1.82, 2.24) is 20.3 Å². The van der Waals surface area contributed by atoms with Gasteiger partial charge >= 0.3 is 0 Å². The third kappa shape index (κ3) is 4.98. The Balaban J connectivity index is 1.36. The summed E-state index contributed by atoms with van der Waals surface area (Å²) in [6.07, 6.45) is 6.39. The van der Waals surface area contributed by atoms with Crippen LogP contribution < -0.4 is 25.2 Å². The molecular formula is C26H31N7O3. The number of methoxy groups -OCH3 is 1. The van der Waals surface area contributed by atoms with E-state index >= 15 is 0 Å². The molecule has 0 saturated heterocycles. The highest BCUT2D eigenvalue weighted by atomic mass is 16.5. The summed E-state index contributed by atoms with van der Waals surface area (Å²) in [5, 5.41) is 6.21. The van der Waals surface area contributed by atoms with Crippen molar-refractivity contribution in [2.45, 2.75) is 32.2 Å². The highest BCUT2D eigenvalue weighted by Crippen LogP contribution is 2.36. The number of hydrogen-bond acceptors (Lipinski definition) is 7. The molecule has 188 valence electrons. The highest BCUT2D eigenvalue weighted by molar-refractivity contribution is 5.97. The lowest BCUT2D eigenvalue weighted by Gasteiger charge is -2.24. The summed E-state index contributed by atoms with van der Waals surface area (Å²) in [4.78, 5) is 41.5. The van der Waals surface area contributed by atoms with Gasteiger partial charge in [-0.1, -0.05) is 0 Å². The van der Waals surface area contributed by atoms with Gasteiger partial charge in [-0.3, -0.25) is 9.59 Å². The van der Waals surface area contributed by atoms with E-state index < -0.39 is 0 Å². The fourth-order valence-corrected chi connectivity index (χ4v) is 4.35. The third-order valence-electron chi connectivity index (χ3n) is 6.70. The average molecular weight is 490 g/mol. The lowest BCUT2D eigenvalue weighted by Crippen LogP contribution is -2.28. The van der Waals surface area contributed by atoms with Crippen LogP contribution in [0.4, 0.5) is 23.1 Å². The molecule has 0 radical (unpaired) electrons. The van der Waals surface area contributed by atoms with Gasteiger partial charge in [0.05, 0.1) is 25.0 Å². The fraction of sp³-hybridized carbons (Fsp3) is 0.385. The van der Waals surface area contributed by atoms with Gasteiger partial charge in [0.2, 0.25) is 11.9 Å². The molecule has 2 amide bonds. The van der Waals surface area contributed by atoms with Crippen LogP contribution in [0, 0.1) is 5.92 Å². The molecular weight excluding hydrogens is 458 g/mol. The maximum absolute atomic E-state index is 12.8. The molecule has 1 saturated carbocycles. The molecule has 1 aliphatic carbocycles. The Bertz CT molecular complexity index is 1260. The standard InChI is InChI=1S/C26H31N7O3/c1-16(19-5-4-11-27-19)29-25(35)18-8-9-20(22(13-18)36-3)30-26-28-14-21-24(31-26)33(15-17-6-7-17)12-10-23(34)32(21)2/h4-5,8-9,11,13-14,16-17,27H,6-7,10,12,15H2,1-3H3,(H,29,35)(H,28,30,31). The largest absolute Gasteiger partial charge is 0.495 e. The molecule has 1 atom stereocenters. The number of aromatic amines is 1. The molecule has 2 aliphatic rings. The van der Waals surface area contributed by atoms with E-state index in [2.05, 4.69) is 25.5 Å². The number of anilines is 4. The molecule has 5 rings (SSSR count). The fourth-order valence-electron chi connectivity index (χ4n) is 4.35. The summed E-state index contributed by atoms with van der Waals surface area (Å²) >= 11 is 0. The number of amides is 2. The van der Waals surface area contributed by atoms with Crippen molar-refractivity contribution < 1.29 is 14.3 Å². The summed E-state index contributed by atoms with van der Waals surface area (Å²) in [5.74, 6) is 2.15. The molecule has 1 fully saturated rings. The van der Waals surface area contributed by atoms with Gasteiger partial charge in [-0.15, -0.1) is 0 Å². The first kappa shape index (κ1) is 23.7. The first-order valence-electron chi connectivity index (χ1n) is 12.2. The molecule has 36 heavy (non-hydrogen) atoms. The third-order valence-corrected chi connectivity index (χ3v) is 6.70. The average Bonchev–Trinajstić information content (AvgIpc) is 3.55. The van der Waals surface area contributed by atoms with Crippen LogP contribution in [-0.2, 0) is 4.79 Å². The van der Waals surface area contributed by atoms with E-state index in [1.807, 2.05) is 25.3 Å². The quantitative estimate of drug-likeness (QED) is 0.443. The van der Waals surface area contributed by atoms with Crippen molar-refractivity contribution in [1.29, 1.82) is 0 Å².